The number of carbonyl (C=O) groups is 1. The predicted octanol–water partition coefficient (Wildman–Crippen LogP) is 1.75. The molecule has 4 heteroatoms. The Hall–Kier alpha value is -0.610. The smallest absolute Gasteiger partial charge is 0.240 e. The zero-order chi connectivity index (χ0) is 12.8. The molecule has 1 unspecified atom stereocenters. The van der Waals surface area contributed by atoms with Crippen LogP contribution in [-0.2, 0) is 9.53 Å². The van der Waals surface area contributed by atoms with Crippen molar-refractivity contribution in [3.63, 3.8) is 0 Å². The highest BCUT2D eigenvalue weighted by molar-refractivity contribution is 5.82. The second kappa shape index (κ2) is 7.10. The molecule has 1 aliphatic heterocycles. The average Bonchev–Trinajstić information content (AvgIpc) is 2.94. The summed E-state index contributed by atoms with van der Waals surface area (Å²) in [5.74, 6) is 0.804. The molecule has 18 heavy (non-hydrogen) atoms. The van der Waals surface area contributed by atoms with E-state index in [0.29, 0.717) is 18.6 Å². The van der Waals surface area contributed by atoms with Crippen LogP contribution in [0.5, 0.6) is 0 Å². The first-order chi connectivity index (χ1) is 8.83. The molecule has 4 nitrogen and oxygen atoms in total. The second-order valence-electron chi connectivity index (χ2n) is 5.55. The summed E-state index contributed by atoms with van der Waals surface area (Å²) >= 11 is 0. The Labute approximate surface area is 110 Å². The molecule has 0 bridgehead atoms. The number of methoxy groups -OCH3 is 1. The highest BCUT2D eigenvalue weighted by Crippen LogP contribution is 2.28. The molecule has 2 rings (SSSR count). The van der Waals surface area contributed by atoms with E-state index in [9.17, 15) is 4.79 Å². The van der Waals surface area contributed by atoms with Crippen molar-refractivity contribution < 1.29 is 9.53 Å². The molecule has 1 aliphatic carbocycles. The molecule has 1 saturated carbocycles. The number of nitrogens with one attached hydrogen (secondary N) is 1. The van der Waals surface area contributed by atoms with Gasteiger partial charge in [-0.3, -0.25) is 10.1 Å². The summed E-state index contributed by atoms with van der Waals surface area (Å²) in [6, 6.07) is -0.0247. The van der Waals surface area contributed by atoms with Crippen molar-refractivity contribution in [2.75, 3.05) is 26.9 Å². The normalized spacial score (nSPS) is 23.3. The first kappa shape index (κ1) is 13.8. The van der Waals surface area contributed by atoms with E-state index < -0.39 is 0 Å². The summed E-state index contributed by atoms with van der Waals surface area (Å²) in [5, 5.41) is 3.30. The molecular formula is C14H26N2O2. The van der Waals surface area contributed by atoms with E-state index >= 15 is 0 Å². The molecule has 104 valence electrons. The lowest BCUT2D eigenvalue weighted by Crippen LogP contribution is -2.50. The average molecular weight is 254 g/mol. The van der Waals surface area contributed by atoms with Gasteiger partial charge in [0.05, 0.1) is 12.8 Å². The minimum atomic E-state index is -0.0247. The van der Waals surface area contributed by atoms with Crippen LogP contribution >= 0.6 is 0 Å². The van der Waals surface area contributed by atoms with Crippen LogP contribution in [0.2, 0.25) is 0 Å². The van der Waals surface area contributed by atoms with Gasteiger partial charge >= 0.3 is 0 Å². The van der Waals surface area contributed by atoms with Gasteiger partial charge in [0.25, 0.3) is 0 Å². The zero-order valence-corrected chi connectivity index (χ0v) is 11.5. The second-order valence-corrected chi connectivity index (χ2v) is 5.55. The molecule has 0 aromatic carbocycles. The van der Waals surface area contributed by atoms with Crippen LogP contribution in [0.3, 0.4) is 0 Å². The minimum absolute atomic E-state index is 0.0247. The van der Waals surface area contributed by atoms with E-state index in [4.69, 9.17) is 4.74 Å². The molecule has 1 saturated heterocycles. The van der Waals surface area contributed by atoms with Gasteiger partial charge in [-0.15, -0.1) is 0 Å². The molecule has 2 fully saturated rings. The van der Waals surface area contributed by atoms with E-state index in [1.54, 1.807) is 7.11 Å². The Balaban J connectivity index is 1.95. The number of carbonyl (C=O) groups excluding carboxylic acids is 1. The maximum absolute atomic E-state index is 12.6. The van der Waals surface area contributed by atoms with Crippen LogP contribution in [0.25, 0.3) is 0 Å². The quantitative estimate of drug-likeness (QED) is 0.760. The van der Waals surface area contributed by atoms with E-state index in [1.165, 1.54) is 32.1 Å². The van der Waals surface area contributed by atoms with Gasteiger partial charge in [0.15, 0.2) is 0 Å². The number of nitrogens with zero attached hydrogens (tertiary/aromatic N) is 1. The molecule has 1 atom stereocenters. The van der Waals surface area contributed by atoms with Gasteiger partial charge < -0.3 is 9.64 Å². The van der Waals surface area contributed by atoms with Crippen LogP contribution < -0.4 is 5.32 Å². The van der Waals surface area contributed by atoms with Gasteiger partial charge in [-0.25, -0.2) is 0 Å². The Morgan fingerprint density at radius 2 is 1.89 bits per heavy atom. The summed E-state index contributed by atoms with van der Waals surface area (Å²) in [6.07, 6.45) is 8.54. The lowest BCUT2D eigenvalue weighted by atomic mass is 9.83. The largest absolute Gasteiger partial charge is 0.370 e. The lowest BCUT2D eigenvalue weighted by Gasteiger charge is -2.32. The van der Waals surface area contributed by atoms with Crippen molar-refractivity contribution in [1.29, 1.82) is 0 Å². The molecule has 2 aliphatic rings. The Morgan fingerprint density at radius 1 is 1.22 bits per heavy atom. The molecular weight excluding hydrogens is 228 g/mol. The van der Waals surface area contributed by atoms with Crippen molar-refractivity contribution in [2.45, 2.75) is 51.0 Å². The van der Waals surface area contributed by atoms with Crippen molar-refractivity contribution in [2.24, 2.45) is 5.92 Å². The zero-order valence-electron chi connectivity index (χ0n) is 11.5. The molecule has 0 spiro atoms. The Morgan fingerprint density at radius 3 is 2.50 bits per heavy atom. The van der Waals surface area contributed by atoms with E-state index in [2.05, 4.69) is 5.32 Å². The van der Waals surface area contributed by atoms with Crippen molar-refractivity contribution >= 4 is 5.91 Å². The number of hydrogen-bond acceptors (Lipinski definition) is 3. The number of rotatable bonds is 5. The van der Waals surface area contributed by atoms with Crippen molar-refractivity contribution in [3.8, 4) is 0 Å². The molecule has 1 N–H and O–H groups in total. The SMILES string of the molecule is COCNC(C(=O)N1CCCC1)C1CCCCC1. The fourth-order valence-corrected chi connectivity index (χ4v) is 3.23. The summed E-state index contributed by atoms with van der Waals surface area (Å²) in [4.78, 5) is 14.6. The summed E-state index contributed by atoms with van der Waals surface area (Å²) in [5.41, 5.74) is 0. The van der Waals surface area contributed by atoms with Crippen molar-refractivity contribution in [3.05, 3.63) is 0 Å². The number of ether oxygens (including phenoxy) is 1. The van der Waals surface area contributed by atoms with Gasteiger partial charge in [-0.05, 0) is 31.6 Å². The highest BCUT2D eigenvalue weighted by atomic mass is 16.5. The molecule has 0 aromatic heterocycles. The monoisotopic (exact) mass is 254 g/mol. The molecule has 1 heterocycles. The predicted molar refractivity (Wildman–Crippen MR) is 71.2 cm³/mol. The maximum Gasteiger partial charge on any atom is 0.240 e. The number of hydrogen-bond donors (Lipinski definition) is 1. The van der Waals surface area contributed by atoms with Crippen LogP contribution in [-0.4, -0.2) is 43.8 Å². The third kappa shape index (κ3) is 3.45. The third-order valence-electron chi connectivity index (χ3n) is 4.25. The van der Waals surface area contributed by atoms with Gasteiger partial charge in [-0.2, -0.15) is 0 Å². The van der Waals surface area contributed by atoms with Gasteiger partial charge in [-0.1, -0.05) is 19.3 Å². The van der Waals surface area contributed by atoms with Crippen LogP contribution in [0, 0.1) is 5.92 Å². The Kier molecular flexibility index (Phi) is 5.45. The minimum Gasteiger partial charge on any atom is -0.370 e. The highest BCUT2D eigenvalue weighted by Gasteiger charge is 2.32. The summed E-state index contributed by atoms with van der Waals surface area (Å²) in [6.45, 7) is 2.36. The van der Waals surface area contributed by atoms with Crippen molar-refractivity contribution in [1.82, 2.24) is 10.2 Å². The summed E-state index contributed by atoms with van der Waals surface area (Å²) in [7, 11) is 1.67. The molecule has 1 amide bonds. The topological polar surface area (TPSA) is 41.6 Å². The fourth-order valence-electron chi connectivity index (χ4n) is 3.23. The standard InChI is InChI=1S/C14H26N2O2/c1-18-11-15-13(12-7-3-2-4-8-12)14(17)16-9-5-6-10-16/h12-13,15H,2-11H2,1H3. The van der Waals surface area contributed by atoms with Crippen LogP contribution in [0.1, 0.15) is 44.9 Å². The van der Waals surface area contributed by atoms with Crippen LogP contribution in [0.4, 0.5) is 0 Å². The first-order valence-electron chi connectivity index (χ1n) is 7.34. The summed E-state index contributed by atoms with van der Waals surface area (Å²) < 4.78 is 5.09. The number of amides is 1. The van der Waals surface area contributed by atoms with Gasteiger partial charge in [0, 0.05) is 20.2 Å². The molecule has 0 radical (unpaired) electrons. The Bertz CT molecular complexity index is 259. The lowest BCUT2D eigenvalue weighted by molar-refractivity contribution is -0.134. The van der Waals surface area contributed by atoms with Gasteiger partial charge in [0.2, 0.25) is 5.91 Å². The third-order valence-corrected chi connectivity index (χ3v) is 4.25. The maximum atomic E-state index is 12.6. The van der Waals surface area contributed by atoms with Gasteiger partial charge in [0.1, 0.15) is 0 Å². The first-order valence-corrected chi connectivity index (χ1v) is 7.34. The fraction of sp³-hybridized carbons (Fsp3) is 0.929. The molecule has 0 aromatic rings. The van der Waals surface area contributed by atoms with E-state index in [1.807, 2.05) is 4.90 Å². The van der Waals surface area contributed by atoms with Crippen LogP contribution in [0.15, 0.2) is 0 Å². The van der Waals surface area contributed by atoms with E-state index in [0.717, 1.165) is 25.9 Å². The van der Waals surface area contributed by atoms with E-state index in [-0.39, 0.29) is 6.04 Å². The number of likely N-dealkylation sites (tertiary alicyclic amines) is 1.